The van der Waals surface area contributed by atoms with Crippen molar-refractivity contribution in [1.82, 2.24) is 0 Å². The van der Waals surface area contributed by atoms with Crippen LogP contribution in [0.2, 0.25) is 0 Å². The van der Waals surface area contributed by atoms with E-state index in [9.17, 15) is 29.8 Å². The molecule has 0 saturated heterocycles. The molecule has 2 aromatic carbocycles. The monoisotopic (exact) mass is 328 g/mol. The zero-order valence-corrected chi connectivity index (χ0v) is 11.9. The molecule has 2 aromatic rings. The summed E-state index contributed by atoms with van der Waals surface area (Å²) in [7, 11) is 0. The third kappa shape index (κ3) is 3.88. The van der Waals surface area contributed by atoms with Crippen LogP contribution >= 0.6 is 0 Å². The fourth-order valence-electron chi connectivity index (χ4n) is 1.66. The predicted molar refractivity (Wildman–Crippen MR) is 79.7 cm³/mol. The number of amides is 2. The van der Waals surface area contributed by atoms with Crippen molar-refractivity contribution < 1.29 is 19.4 Å². The number of carbonyl (C=O) groups is 2. The van der Waals surface area contributed by atoms with Gasteiger partial charge in [0.05, 0.1) is 9.85 Å². The maximum absolute atomic E-state index is 11.7. The van der Waals surface area contributed by atoms with Crippen LogP contribution in [0.5, 0.6) is 0 Å². The van der Waals surface area contributed by atoms with Gasteiger partial charge < -0.3 is 0 Å². The zero-order valence-electron chi connectivity index (χ0n) is 11.9. The maximum Gasteiger partial charge on any atom is 0.295 e. The molecule has 24 heavy (non-hydrogen) atoms. The Morgan fingerprint density at radius 1 is 0.667 bits per heavy atom. The van der Waals surface area contributed by atoms with Crippen LogP contribution in [0, 0.1) is 20.2 Å². The highest BCUT2D eigenvalue weighted by Gasteiger charge is 2.11. The number of rotatable bonds is 4. The Kier molecular flexibility index (Phi) is 4.80. The van der Waals surface area contributed by atoms with Crippen molar-refractivity contribution in [3.63, 3.8) is 0 Å². The van der Waals surface area contributed by atoms with Gasteiger partial charge in [0.2, 0.25) is 0 Å². The second-order valence-electron chi connectivity index (χ2n) is 4.42. The fourth-order valence-corrected chi connectivity index (χ4v) is 1.66. The number of nitro benzene ring substituents is 2. The van der Waals surface area contributed by atoms with Crippen molar-refractivity contribution in [1.29, 1.82) is 0 Å². The zero-order chi connectivity index (χ0) is 17.7. The topological polar surface area (TPSA) is 145 Å². The van der Waals surface area contributed by atoms with E-state index >= 15 is 0 Å². The van der Waals surface area contributed by atoms with E-state index in [4.69, 9.17) is 0 Å². The largest absolute Gasteiger partial charge is 0.295 e. The van der Waals surface area contributed by atoms with Gasteiger partial charge in [-0.05, 0) is 24.3 Å². The molecule has 0 fully saturated rings. The Hall–Kier alpha value is -3.82. The van der Waals surface area contributed by atoms with E-state index < -0.39 is 21.7 Å². The molecular formula is C14H8N4O6. The maximum atomic E-state index is 11.7. The molecule has 0 aromatic heterocycles. The number of non-ortho nitro benzene ring substituents is 2. The van der Waals surface area contributed by atoms with Crippen LogP contribution in [0.25, 0.3) is 0 Å². The van der Waals surface area contributed by atoms with Gasteiger partial charge in [-0.15, -0.1) is 10.2 Å². The second-order valence-corrected chi connectivity index (χ2v) is 4.42. The van der Waals surface area contributed by atoms with Gasteiger partial charge in [0.1, 0.15) is 0 Å². The Morgan fingerprint density at radius 2 is 0.958 bits per heavy atom. The van der Waals surface area contributed by atoms with Gasteiger partial charge in [-0.2, -0.15) is 0 Å². The lowest BCUT2D eigenvalue weighted by molar-refractivity contribution is -0.385. The summed E-state index contributed by atoms with van der Waals surface area (Å²) in [4.78, 5) is 43.3. The molecule has 2 rings (SSSR count). The Morgan fingerprint density at radius 3 is 1.21 bits per heavy atom. The predicted octanol–water partition coefficient (Wildman–Crippen LogP) is 2.94. The van der Waals surface area contributed by atoms with E-state index in [0.29, 0.717) is 0 Å². The average molecular weight is 328 g/mol. The number of benzene rings is 2. The lowest BCUT2D eigenvalue weighted by Gasteiger charge is -1.96. The molecule has 0 bridgehead atoms. The number of hydrogen-bond donors (Lipinski definition) is 0. The van der Waals surface area contributed by atoms with Crippen molar-refractivity contribution in [3.8, 4) is 0 Å². The van der Waals surface area contributed by atoms with Crippen molar-refractivity contribution >= 4 is 23.2 Å². The SMILES string of the molecule is O=C(N=NC(=O)c1ccc([N+](=O)[O-])cc1)c1ccc([N+](=O)[O-])cc1. The minimum absolute atomic E-state index is 0.0286. The van der Waals surface area contributed by atoms with Crippen LogP contribution in [0.15, 0.2) is 58.8 Å². The third-order valence-corrected chi connectivity index (χ3v) is 2.88. The first-order valence-electron chi connectivity index (χ1n) is 6.38. The highest BCUT2D eigenvalue weighted by molar-refractivity contribution is 5.98. The van der Waals surface area contributed by atoms with Gasteiger partial charge >= 0.3 is 0 Å². The summed E-state index contributed by atoms with van der Waals surface area (Å²) in [5.41, 5.74) is -0.322. The lowest BCUT2D eigenvalue weighted by atomic mass is 10.2. The molecule has 0 saturated carbocycles. The summed E-state index contributed by atoms with van der Waals surface area (Å²) in [5, 5.41) is 27.5. The molecule has 0 spiro atoms. The normalized spacial score (nSPS) is 10.5. The van der Waals surface area contributed by atoms with E-state index in [2.05, 4.69) is 10.2 Å². The van der Waals surface area contributed by atoms with E-state index in [-0.39, 0.29) is 22.5 Å². The Balaban J connectivity index is 2.08. The molecule has 0 radical (unpaired) electrons. The molecule has 0 N–H and O–H groups in total. The summed E-state index contributed by atoms with van der Waals surface area (Å²) in [6.45, 7) is 0. The Bertz CT molecular complexity index is 771. The minimum atomic E-state index is -0.847. The molecule has 120 valence electrons. The molecule has 2 amide bonds. The lowest BCUT2D eigenvalue weighted by Crippen LogP contribution is -1.99. The Labute approximate surface area is 133 Å². The van der Waals surface area contributed by atoms with Gasteiger partial charge in [0.25, 0.3) is 23.2 Å². The van der Waals surface area contributed by atoms with Gasteiger partial charge in [-0.25, -0.2) is 0 Å². The molecule has 0 heterocycles. The highest BCUT2D eigenvalue weighted by Crippen LogP contribution is 2.14. The molecule has 10 nitrogen and oxygen atoms in total. The smallest absolute Gasteiger partial charge is 0.265 e. The van der Waals surface area contributed by atoms with Crippen LogP contribution < -0.4 is 0 Å². The highest BCUT2D eigenvalue weighted by atomic mass is 16.6. The number of nitrogens with zero attached hydrogens (tertiary/aromatic N) is 4. The standard InChI is InChI=1S/C14H8N4O6/c19-13(9-1-5-11(6-2-9)17(21)22)15-16-14(20)10-3-7-12(8-4-10)18(23)24/h1-8H. The van der Waals surface area contributed by atoms with Gasteiger partial charge in [-0.3, -0.25) is 29.8 Å². The molecule has 0 atom stereocenters. The van der Waals surface area contributed by atoms with E-state index in [1.165, 1.54) is 24.3 Å². The number of hydrogen-bond acceptors (Lipinski definition) is 6. The summed E-state index contributed by atoms with van der Waals surface area (Å²) in [6.07, 6.45) is 0. The number of nitro groups is 2. The van der Waals surface area contributed by atoms with Crippen LogP contribution in [0.3, 0.4) is 0 Å². The molecule has 0 aliphatic rings. The summed E-state index contributed by atoms with van der Waals surface area (Å²) in [6, 6.07) is 9.26. The number of carbonyl (C=O) groups excluding carboxylic acids is 2. The van der Waals surface area contributed by atoms with E-state index in [0.717, 1.165) is 24.3 Å². The third-order valence-electron chi connectivity index (χ3n) is 2.88. The van der Waals surface area contributed by atoms with Crippen LogP contribution in [0.1, 0.15) is 20.7 Å². The molecule has 0 aliphatic carbocycles. The van der Waals surface area contributed by atoms with Crippen molar-refractivity contribution in [2.75, 3.05) is 0 Å². The van der Waals surface area contributed by atoms with Gasteiger partial charge in [0.15, 0.2) is 0 Å². The quantitative estimate of drug-likeness (QED) is 0.479. The summed E-state index contributed by atoms with van der Waals surface area (Å²) < 4.78 is 0. The van der Waals surface area contributed by atoms with Crippen molar-refractivity contribution in [2.45, 2.75) is 0 Å². The molecule has 0 unspecified atom stereocenters. The first-order chi connectivity index (χ1) is 11.4. The van der Waals surface area contributed by atoms with Crippen LogP contribution in [-0.4, -0.2) is 21.7 Å². The van der Waals surface area contributed by atoms with Crippen molar-refractivity contribution in [2.24, 2.45) is 10.2 Å². The molecular weight excluding hydrogens is 320 g/mol. The molecule has 10 heteroatoms. The summed E-state index contributed by atoms with van der Waals surface area (Å²) in [5.74, 6) is -1.69. The van der Waals surface area contributed by atoms with Crippen LogP contribution in [-0.2, 0) is 0 Å². The first-order valence-corrected chi connectivity index (χ1v) is 6.38. The number of azo groups is 1. The van der Waals surface area contributed by atoms with E-state index in [1.54, 1.807) is 0 Å². The van der Waals surface area contributed by atoms with Crippen molar-refractivity contribution in [3.05, 3.63) is 79.9 Å². The van der Waals surface area contributed by atoms with E-state index in [1.807, 2.05) is 0 Å². The second kappa shape index (κ2) is 6.96. The average Bonchev–Trinajstić information content (AvgIpc) is 2.59. The minimum Gasteiger partial charge on any atom is -0.265 e. The van der Waals surface area contributed by atoms with Crippen LogP contribution in [0.4, 0.5) is 11.4 Å². The fraction of sp³-hybridized carbons (Fsp3) is 0. The first kappa shape index (κ1) is 16.5. The summed E-state index contributed by atoms with van der Waals surface area (Å²) >= 11 is 0. The van der Waals surface area contributed by atoms with Gasteiger partial charge in [-0.1, -0.05) is 0 Å². The molecule has 0 aliphatic heterocycles. The van der Waals surface area contributed by atoms with Gasteiger partial charge in [0, 0.05) is 35.4 Å².